The second-order valence-electron chi connectivity index (χ2n) is 3.39. The third kappa shape index (κ3) is 1.71. The molecular weight excluding hydrogens is 142 g/mol. The largest absolute Gasteiger partial charge is 0.481 e. The molecule has 0 heterocycles. The summed E-state index contributed by atoms with van der Waals surface area (Å²) in [6.45, 7) is 1.75. The standard InChI is InChI=1S/C8H15NO2/c1-5(8(10)11)6-3-2-4-7(6)9/h5-7H,2-4,9H2,1H3,(H,10,11). The summed E-state index contributed by atoms with van der Waals surface area (Å²) in [6, 6.07) is 0.112. The van der Waals surface area contributed by atoms with E-state index in [1.165, 1.54) is 0 Å². The van der Waals surface area contributed by atoms with Crippen LogP contribution < -0.4 is 5.73 Å². The average molecular weight is 157 g/mol. The lowest BCUT2D eigenvalue weighted by molar-refractivity contribution is -0.143. The SMILES string of the molecule is CC(C(=O)O)C1CCCC1N. The smallest absolute Gasteiger partial charge is 0.306 e. The van der Waals surface area contributed by atoms with E-state index in [4.69, 9.17) is 10.8 Å². The van der Waals surface area contributed by atoms with Crippen molar-refractivity contribution in [1.82, 2.24) is 0 Å². The van der Waals surface area contributed by atoms with Gasteiger partial charge < -0.3 is 10.8 Å². The number of carboxylic acid groups (broad SMARTS) is 1. The molecular formula is C8H15NO2. The van der Waals surface area contributed by atoms with Gasteiger partial charge in [-0.15, -0.1) is 0 Å². The first-order valence-corrected chi connectivity index (χ1v) is 4.11. The zero-order valence-electron chi connectivity index (χ0n) is 6.79. The van der Waals surface area contributed by atoms with Crippen LogP contribution in [0.5, 0.6) is 0 Å². The van der Waals surface area contributed by atoms with Crippen molar-refractivity contribution in [3.8, 4) is 0 Å². The fraction of sp³-hybridized carbons (Fsp3) is 0.875. The monoisotopic (exact) mass is 157 g/mol. The summed E-state index contributed by atoms with van der Waals surface area (Å²) in [4.78, 5) is 10.6. The number of hydrogen-bond acceptors (Lipinski definition) is 2. The lowest BCUT2D eigenvalue weighted by Gasteiger charge is -2.18. The minimum absolute atomic E-state index is 0.112. The van der Waals surface area contributed by atoms with Crippen molar-refractivity contribution >= 4 is 5.97 Å². The van der Waals surface area contributed by atoms with Crippen LogP contribution in [0.15, 0.2) is 0 Å². The molecule has 3 unspecified atom stereocenters. The first-order chi connectivity index (χ1) is 5.13. The fourth-order valence-electron chi connectivity index (χ4n) is 1.82. The van der Waals surface area contributed by atoms with Crippen LogP contribution in [0.25, 0.3) is 0 Å². The van der Waals surface area contributed by atoms with E-state index < -0.39 is 5.97 Å². The normalized spacial score (nSPS) is 33.6. The first-order valence-electron chi connectivity index (χ1n) is 4.11. The maximum Gasteiger partial charge on any atom is 0.306 e. The van der Waals surface area contributed by atoms with Crippen LogP contribution in [0.4, 0.5) is 0 Å². The number of rotatable bonds is 2. The summed E-state index contributed by atoms with van der Waals surface area (Å²) in [5.74, 6) is -0.785. The van der Waals surface area contributed by atoms with Gasteiger partial charge in [0.15, 0.2) is 0 Å². The van der Waals surface area contributed by atoms with Crippen LogP contribution in [-0.2, 0) is 4.79 Å². The molecule has 0 spiro atoms. The summed E-state index contributed by atoms with van der Waals surface area (Å²) in [7, 11) is 0. The topological polar surface area (TPSA) is 63.3 Å². The molecule has 1 rings (SSSR count). The molecule has 0 aromatic carbocycles. The lowest BCUT2D eigenvalue weighted by atomic mass is 9.90. The van der Waals surface area contributed by atoms with Gasteiger partial charge in [0, 0.05) is 6.04 Å². The number of carbonyl (C=O) groups is 1. The molecule has 0 aliphatic heterocycles. The molecule has 0 aromatic rings. The van der Waals surface area contributed by atoms with Crippen molar-refractivity contribution < 1.29 is 9.90 Å². The van der Waals surface area contributed by atoms with E-state index in [9.17, 15) is 4.79 Å². The maximum atomic E-state index is 10.6. The number of carboxylic acids is 1. The van der Waals surface area contributed by atoms with Gasteiger partial charge in [-0.1, -0.05) is 13.3 Å². The highest BCUT2D eigenvalue weighted by molar-refractivity contribution is 5.70. The average Bonchev–Trinajstić information content (AvgIpc) is 2.33. The van der Waals surface area contributed by atoms with Crippen LogP contribution in [0.1, 0.15) is 26.2 Å². The molecule has 3 heteroatoms. The minimum Gasteiger partial charge on any atom is -0.481 e. The van der Waals surface area contributed by atoms with Crippen molar-refractivity contribution in [3.05, 3.63) is 0 Å². The third-order valence-electron chi connectivity index (χ3n) is 2.66. The highest BCUT2D eigenvalue weighted by Crippen LogP contribution is 2.30. The van der Waals surface area contributed by atoms with Gasteiger partial charge in [-0.2, -0.15) is 0 Å². The van der Waals surface area contributed by atoms with Crippen molar-refractivity contribution in [2.24, 2.45) is 17.6 Å². The van der Waals surface area contributed by atoms with Gasteiger partial charge in [0.1, 0.15) is 0 Å². The van der Waals surface area contributed by atoms with Gasteiger partial charge in [0.2, 0.25) is 0 Å². The third-order valence-corrected chi connectivity index (χ3v) is 2.66. The molecule has 1 fully saturated rings. The van der Waals surface area contributed by atoms with Crippen LogP contribution in [-0.4, -0.2) is 17.1 Å². The molecule has 0 amide bonds. The molecule has 1 aliphatic carbocycles. The molecule has 64 valence electrons. The summed E-state index contributed by atoms with van der Waals surface area (Å²) >= 11 is 0. The van der Waals surface area contributed by atoms with Crippen LogP contribution in [0, 0.1) is 11.8 Å². The van der Waals surface area contributed by atoms with Crippen molar-refractivity contribution in [3.63, 3.8) is 0 Å². The van der Waals surface area contributed by atoms with Gasteiger partial charge in [-0.05, 0) is 18.8 Å². The summed E-state index contributed by atoms with van der Waals surface area (Å²) in [6.07, 6.45) is 3.06. The summed E-state index contributed by atoms with van der Waals surface area (Å²) < 4.78 is 0. The second-order valence-corrected chi connectivity index (χ2v) is 3.39. The molecule has 3 N–H and O–H groups in total. The zero-order valence-corrected chi connectivity index (χ0v) is 6.79. The molecule has 3 atom stereocenters. The number of hydrogen-bond donors (Lipinski definition) is 2. The first kappa shape index (κ1) is 8.53. The maximum absolute atomic E-state index is 10.6. The second kappa shape index (κ2) is 3.22. The van der Waals surface area contributed by atoms with Gasteiger partial charge >= 0.3 is 5.97 Å². The fourth-order valence-corrected chi connectivity index (χ4v) is 1.82. The Kier molecular flexibility index (Phi) is 2.49. The highest BCUT2D eigenvalue weighted by atomic mass is 16.4. The Morgan fingerprint density at radius 2 is 2.27 bits per heavy atom. The van der Waals surface area contributed by atoms with E-state index >= 15 is 0 Å². The molecule has 11 heavy (non-hydrogen) atoms. The predicted molar refractivity (Wildman–Crippen MR) is 42.1 cm³/mol. The molecule has 0 bridgehead atoms. The Labute approximate surface area is 66.6 Å². The van der Waals surface area contributed by atoms with Gasteiger partial charge in [0.25, 0.3) is 0 Å². The Bertz CT molecular complexity index is 158. The van der Waals surface area contributed by atoms with Crippen LogP contribution in [0.2, 0.25) is 0 Å². The van der Waals surface area contributed by atoms with Gasteiger partial charge in [-0.25, -0.2) is 0 Å². The van der Waals surface area contributed by atoms with Gasteiger partial charge in [0.05, 0.1) is 5.92 Å². The van der Waals surface area contributed by atoms with E-state index in [2.05, 4.69) is 0 Å². The van der Waals surface area contributed by atoms with Crippen LogP contribution >= 0.6 is 0 Å². The zero-order chi connectivity index (χ0) is 8.43. The molecule has 3 nitrogen and oxygen atoms in total. The van der Waals surface area contributed by atoms with Crippen molar-refractivity contribution in [1.29, 1.82) is 0 Å². The Morgan fingerprint density at radius 3 is 2.64 bits per heavy atom. The molecule has 0 aromatic heterocycles. The van der Waals surface area contributed by atoms with Crippen LogP contribution in [0.3, 0.4) is 0 Å². The Balaban J connectivity index is 2.52. The summed E-state index contributed by atoms with van der Waals surface area (Å²) in [5.41, 5.74) is 5.75. The number of nitrogens with two attached hydrogens (primary N) is 1. The van der Waals surface area contributed by atoms with E-state index in [1.54, 1.807) is 6.92 Å². The van der Waals surface area contributed by atoms with E-state index in [0.717, 1.165) is 19.3 Å². The van der Waals surface area contributed by atoms with E-state index in [1.807, 2.05) is 0 Å². The molecule has 1 saturated carbocycles. The van der Waals surface area contributed by atoms with E-state index in [0.29, 0.717) is 0 Å². The molecule has 0 saturated heterocycles. The Hall–Kier alpha value is -0.570. The Morgan fingerprint density at radius 1 is 1.64 bits per heavy atom. The van der Waals surface area contributed by atoms with E-state index in [-0.39, 0.29) is 17.9 Å². The quantitative estimate of drug-likeness (QED) is 0.624. The highest BCUT2D eigenvalue weighted by Gasteiger charge is 2.32. The van der Waals surface area contributed by atoms with Crippen molar-refractivity contribution in [2.45, 2.75) is 32.2 Å². The van der Waals surface area contributed by atoms with Crippen molar-refractivity contribution in [2.75, 3.05) is 0 Å². The lowest BCUT2D eigenvalue weighted by Crippen LogP contribution is -2.32. The van der Waals surface area contributed by atoms with Gasteiger partial charge in [-0.3, -0.25) is 4.79 Å². The number of aliphatic carboxylic acids is 1. The molecule has 0 radical (unpaired) electrons. The summed E-state index contributed by atoms with van der Waals surface area (Å²) in [5, 5.41) is 8.70. The predicted octanol–water partition coefficient (Wildman–Crippen LogP) is 0.835. The molecule has 1 aliphatic rings. The minimum atomic E-state index is -0.715.